The first kappa shape index (κ1) is 95.2. The maximum Gasteiger partial charge on any atom is 0.269 e. The molecule has 1 aliphatic heterocycles. The Kier molecular flexibility index (Phi) is 37.0. The maximum absolute atomic E-state index is 10.0. The van der Waals surface area contributed by atoms with Crippen LogP contribution in [0, 0.1) is 38.8 Å². The van der Waals surface area contributed by atoms with E-state index < -0.39 is 0 Å². The summed E-state index contributed by atoms with van der Waals surface area (Å²) in [7, 11) is 4.00. The molecule has 9 aromatic carbocycles. The van der Waals surface area contributed by atoms with Gasteiger partial charge in [-0.3, -0.25) is 24.4 Å². The Morgan fingerprint density at radius 1 is 0.553 bits per heavy atom. The van der Waals surface area contributed by atoms with Crippen molar-refractivity contribution in [3.8, 4) is 61.4 Å². The number of aliphatic hydroxyl groups excluding tert-OH is 3. The Morgan fingerprint density at radius 2 is 1.05 bits per heavy atom. The van der Waals surface area contributed by atoms with Crippen LogP contribution in [0.4, 0.5) is 5.69 Å². The van der Waals surface area contributed by atoms with Gasteiger partial charge in [0.2, 0.25) is 0 Å². The first-order chi connectivity index (χ1) is 52.1. The van der Waals surface area contributed by atoms with E-state index in [-0.39, 0.29) is 126 Å². The average molecular weight is 2060 g/mol. The Morgan fingerprint density at radius 3 is 1.57 bits per heavy atom. The molecule has 12 aromatic rings. The van der Waals surface area contributed by atoms with Crippen LogP contribution in [-0.2, 0) is 90.3 Å². The molecule has 3 N–H and O–H groups in total. The summed E-state index contributed by atoms with van der Waals surface area (Å²) in [5, 5.41) is 38.7. The van der Waals surface area contributed by atoms with Crippen molar-refractivity contribution in [2.75, 3.05) is 19.0 Å². The Bertz CT molecular complexity index is 5540. The molecule has 3 aliphatic rings. The van der Waals surface area contributed by atoms with Gasteiger partial charge in [-0.05, 0) is 182 Å². The van der Waals surface area contributed by atoms with Crippen molar-refractivity contribution in [3.05, 3.63) is 367 Å². The van der Waals surface area contributed by atoms with Crippen molar-refractivity contribution in [3.63, 3.8) is 0 Å². The van der Waals surface area contributed by atoms with Gasteiger partial charge in [-0.15, -0.1) is 35.9 Å². The maximum atomic E-state index is 10.0. The van der Waals surface area contributed by atoms with Crippen LogP contribution in [0.25, 0.3) is 98.2 Å². The molecule has 589 valence electrons. The molecule has 0 saturated carbocycles. The zero-order chi connectivity index (χ0) is 78.5. The number of para-hydroxylation sites is 2. The SMILES string of the molecule is CC(=O)C=C(C)O.CC(=O)C=C(C)O.CC(=O)C=C(C)O.CC1(C)c2ccccc2-c2ccc(-c3ccc4ccccc4n3)cc21.CC1(C)c2ccccc2-c2ccc(-c3nccc4ccccc34)cc21.[C-]#[N+]/C(C#N)=C1\C=C(C)OC(/C=C/c2ccc(N(C)C)cc2)=C1.[CH3-].[CH3-].[Ir].[Ir].[Ir].[c-]1ccccc1-c1nc2ccccc2s1. The van der Waals surface area contributed by atoms with Crippen LogP contribution in [0.5, 0.6) is 0 Å². The molecule has 114 heavy (non-hydrogen) atoms. The summed E-state index contributed by atoms with van der Waals surface area (Å²) >= 11 is 1.71. The molecule has 4 heterocycles. The zero-order valence-corrected chi connectivity index (χ0v) is 74.5. The van der Waals surface area contributed by atoms with Gasteiger partial charge in [0.25, 0.3) is 5.70 Å². The molecule has 0 atom stereocenters. The van der Waals surface area contributed by atoms with E-state index in [1.165, 1.54) is 136 Å². The third-order valence-corrected chi connectivity index (χ3v) is 18.8. The molecule has 3 aromatic heterocycles. The number of nitrogens with zero attached hydrogens (tertiary/aromatic N) is 6. The van der Waals surface area contributed by atoms with Crippen molar-refractivity contribution in [2.45, 2.75) is 87.0 Å². The summed E-state index contributed by atoms with van der Waals surface area (Å²) in [6.07, 6.45) is 12.6. The summed E-state index contributed by atoms with van der Waals surface area (Å²) < 4.78 is 6.85. The number of aliphatic hydroxyl groups is 3. The zero-order valence-electron chi connectivity index (χ0n) is 66.5. The van der Waals surface area contributed by atoms with Gasteiger partial charge in [0.05, 0.1) is 52.3 Å². The number of carbonyl (C=O) groups excluding carboxylic acids is 3. The number of ketones is 3. The molecule has 2 aliphatic carbocycles. The molecule has 0 spiro atoms. The largest absolute Gasteiger partial charge is 0.512 e. The normalized spacial score (nSPS) is 13.0. The summed E-state index contributed by atoms with van der Waals surface area (Å²) in [4.78, 5) is 49.5. The second-order valence-electron chi connectivity index (χ2n) is 27.3. The van der Waals surface area contributed by atoms with E-state index in [4.69, 9.17) is 41.9 Å². The Labute approximate surface area is 716 Å². The summed E-state index contributed by atoms with van der Waals surface area (Å²) in [6, 6.07) is 83.6. The third-order valence-electron chi connectivity index (χ3n) is 17.8. The number of ether oxygens (including phenoxy) is 1. The Hall–Kier alpha value is -11.2. The monoisotopic (exact) mass is 2060 g/mol. The topological polar surface area (TPSA) is 191 Å². The van der Waals surface area contributed by atoms with Gasteiger partial charge in [0.1, 0.15) is 11.5 Å². The number of allylic oxidation sites excluding steroid dienone is 12. The minimum atomic E-state index is -0.125. The molecule has 17 heteroatoms. The molecule has 3 radical (unpaired) electrons. The molecule has 0 unspecified atom stereocenters. The van der Waals surface area contributed by atoms with Gasteiger partial charge in [-0.2, -0.15) is 11.3 Å². The second kappa shape index (κ2) is 44.3. The minimum Gasteiger partial charge on any atom is -0.512 e. The summed E-state index contributed by atoms with van der Waals surface area (Å²) in [5.41, 5.74) is 21.5. The number of carbonyl (C=O) groups is 3. The Balaban J connectivity index is 0.000000294. The quantitative estimate of drug-likeness (QED) is 0.0537. The van der Waals surface area contributed by atoms with Crippen LogP contribution in [0.15, 0.2) is 307 Å². The van der Waals surface area contributed by atoms with Crippen molar-refractivity contribution in [1.82, 2.24) is 15.0 Å². The third kappa shape index (κ3) is 25.2. The van der Waals surface area contributed by atoms with E-state index >= 15 is 0 Å². The van der Waals surface area contributed by atoms with E-state index in [2.05, 4.69) is 195 Å². The molecular weight excluding hydrogens is 1970 g/mol. The fraction of sp³-hybridized carbons (Fsp3) is 0.155. The molecule has 0 saturated heterocycles. The van der Waals surface area contributed by atoms with E-state index in [1.807, 2.05) is 116 Å². The van der Waals surface area contributed by atoms with Gasteiger partial charge in [0, 0.05) is 147 Å². The number of pyridine rings is 2. The number of thiazole rings is 1. The molecule has 0 amide bonds. The smallest absolute Gasteiger partial charge is 0.269 e. The predicted molar refractivity (Wildman–Crippen MR) is 459 cm³/mol. The van der Waals surface area contributed by atoms with Gasteiger partial charge in [-0.1, -0.05) is 179 Å². The van der Waals surface area contributed by atoms with Crippen molar-refractivity contribution < 1.29 is 94.8 Å². The van der Waals surface area contributed by atoms with E-state index in [0.717, 1.165) is 44.2 Å². The van der Waals surface area contributed by atoms with Gasteiger partial charge in [-0.25, -0.2) is 15.1 Å². The van der Waals surface area contributed by atoms with Crippen molar-refractivity contribution >= 4 is 72.3 Å². The van der Waals surface area contributed by atoms with Crippen molar-refractivity contribution in [2.24, 2.45) is 0 Å². The van der Waals surface area contributed by atoms with Crippen LogP contribution in [0.3, 0.4) is 0 Å². The molecule has 15 rings (SSSR count). The number of aromatic nitrogens is 3. The number of rotatable bonds is 9. The number of hydrogen-bond donors (Lipinski definition) is 3. The second-order valence-corrected chi connectivity index (χ2v) is 28.4. The van der Waals surface area contributed by atoms with Crippen LogP contribution in [0.2, 0.25) is 0 Å². The van der Waals surface area contributed by atoms with E-state index in [9.17, 15) is 14.4 Å². The van der Waals surface area contributed by atoms with Crippen molar-refractivity contribution in [1.29, 1.82) is 5.26 Å². The fourth-order valence-electron chi connectivity index (χ4n) is 12.8. The number of anilines is 1. The summed E-state index contributed by atoms with van der Waals surface area (Å²) in [5.74, 6) is 1.07. The molecule has 0 bridgehead atoms. The minimum absolute atomic E-state index is 0. The van der Waals surface area contributed by atoms with E-state index in [0.29, 0.717) is 17.1 Å². The first-order valence-electron chi connectivity index (χ1n) is 35.4. The number of fused-ring (bicyclic) bond motifs is 9. The van der Waals surface area contributed by atoms with Crippen LogP contribution in [-0.4, -0.2) is 61.7 Å². The van der Waals surface area contributed by atoms with Gasteiger partial charge >= 0.3 is 0 Å². The summed E-state index contributed by atoms with van der Waals surface area (Å²) in [6.45, 7) is 26.6. The number of benzene rings is 9. The molecule has 0 fully saturated rings. The van der Waals surface area contributed by atoms with Crippen LogP contribution < -0.4 is 4.90 Å². The molecular formula is C97H93Ir3N6O7S-3. The standard InChI is InChI=1S/2C24H19N.C19H17N3O.C13H8NS.3C5H8O2.2CH3.3Ir/c1-24(2)20-9-5-4-8-18(20)19-13-11-17(15-21(19)24)23-14-12-16-7-3-6-10-22(16)25-23;1-24(2)21-10-6-5-9-19(21)20-12-11-17(15-22(20)24)23-18-8-4-3-7-16(18)13-14-25-23;1-14-11-16(19(13-20)21-2)12-18(23-14)10-7-15-5-8-17(9-6-15)22(3)4;1-2-6-10(7-3-1)13-14-11-8-4-5-9-12(11)15-13;3*1-4(6)3-5(2)7;;;;;/h2*3-15H,1-2H3;5-12H,1,3-4H3;1-6,8-9H;3*3,6H,1-2H3;2*1H3;;;/q;;;-1;;;;2*-1;;;/b;;10-7+,19-16+;;;;;;;;;. The van der Waals surface area contributed by atoms with Gasteiger partial charge < -0.3 is 39.8 Å². The molecule has 13 nitrogen and oxygen atoms in total. The van der Waals surface area contributed by atoms with Crippen LogP contribution >= 0.6 is 11.3 Å². The average Bonchev–Trinajstić information content (AvgIpc) is 1.58. The van der Waals surface area contributed by atoms with Gasteiger partial charge in [0.15, 0.2) is 17.3 Å². The fourth-order valence-corrected chi connectivity index (χ4v) is 13.7. The predicted octanol–water partition coefficient (Wildman–Crippen LogP) is 24.5. The first-order valence-corrected chi connectivity index (χ1v) is 36.2. The number of hydrogen-bond acceptors (Lipinski definition) is 13. The number of nitriles is 1. The van der Waals surface area contributed by atoms with Crippen LogP contribution in [0.1, 0.15) is 104 Å². The van der Waals surface area contributed by atoms with E-state index in [1.54, 1.807) is 30.4 Å².